The largest absolute Gasteiger partial charge is 0.497 e. The van der Waals surface area contributed by atoms with Gasteiger partial charge in [0.2, 0.25) is 0 Å². The molecule has 6 heteroatoms. The van der Waals surface area contributed by atoms with Gasteiger partial charge in [-0.1, -0.05) is 60.2 Å². The SMILES string of the molecule is COc1ccc(CCc2ccccc2OC[C@H](CN(C)C)OC(=O)[C@H](N)Cc2ccc(C)cc2)cc1. The maximum absolute atomic E-state index is 12.8. The van der Waals surface area contributed by atoms with Crippen LogP contribution in [-0.2, 0) is 28.8 Å². The number of para-hydroxylation sites is 1. The highest BCUT2D eigenvalue weighted by Crippen LogP contribution is 2.21. The predicted octanol–water partition coefficient (Wildman–Crippen LogP) is 4.21. The average molecular weight is 491 g/mol. The van der Waals surface area contributed by atoms with Gasteiger partial charge in [0.05, 0.1) is 7.11 Å². The molecule has 0 bridgehead atoms. The summed E-state index contributed by atoms with van der Waals surface area (Å²) in [5.74, 6) is 1.23. The zero-order valence-electron chi connectivity index (χ0n) is 21.8. The fourth-order valence-electron chi connectivity index (χ4n) is 3.95. The van der Waals surface area contributed by atoms with E-state index in [0.29, 0.717) is 13.0 Å². The number of esters is 1. The number of carbonyl (C=O) groups excluding carboxylic acids is 1. The lowest BCUT2D eigenvalue weighted by Crippen LogP contribution is -2.41. The molecule has 0 aliphatic carbocycles. The lowest BCUT2D eigenvalue weighted by Gasteiger charge is -2.24. The van der Waals surface area contributed by atoms with Crippen LogP contribution in [-0.4, -0.2) is 57.4 Å². The zero-order chi connectivity index (χ0) is 25.9. The standard InChI is InChI=1S/C30H38N2O4/c1-22-9-11-24(12-10-22)19-28(31)30(33)36-27(20-32(2)3)21-35-29-8-6-5-7-25(29)16-13-23-14-17-26(34-4)18-15-23/h5-12,14-15,17-18,27-28H,13,16,19-21,31H2,1-4H3/t27-,28+/m0/s1. The van der Waals surface area contributed by atoms with Crippen molar-refractivity contribution in [1.82, 2.24) is 4.90 Å². The molecule has 0 aliphatic heterocycles. The fraction of sp³-hybridized carbons (Fsp3) is 0.367. The second-order valence-corrected chi connectivity index (χ2v) is 9.38. The molecule has 0 fully saturated rings. The van der Waals surface area contributed by atoms with E-state index in [1.807, 2.05) is 80.5 Å². The third-order valence-electron chi connectivity index (χ3n) is 5.97. The summed E-state index contributed by atoms with van der Waals surface area (Å²) < 4.78 is 17.2. The molecule has 0 aliphatic rings. The normalized spacial score (nSPS) is 12.7. The molecular weight excluding hydrogens is 452 g/mol. The summed E-state index contributed by atoms with van der Waals surface area (Å²) in [7, 11) is 5.55. The number of carbonyl (C=O) groups is 1. The maximum Gasteiger partial charge on any atom is 0.323 e. The first-order chi connectivity index (χ1) is 17.3. The second kappa shape index (κ2) is 13.7. The van der Waals surface area contributed by atoms with Gasteiger partial charge in [-0.3, -0.25) is 4.79 Å². The molecule has 192 valence electrons. The highest BCUT2D eigenvalue weighted by Gasteiger charge is 2.22. The predicted molar refractivity (Wildman–Crippen MR) is 144 cm³/mol. The molecule has 6 nitrogen and oxygen atoms in total. The van der Waals surface area contributed by atoms with Gasteiger partial charge in [0.15, 0.2) is 0 Å². The van der Waals surface area contributed by atoms with Crippen LogP contribution in [0.5, 0.6) is 11.5 Å². The molecule has 3 rings (SSSR count). The van der Waals surface area contributed by atoms with Crippen molar-refractivity contribution in [3.05, 3.63) is 95.1 Å². The number of aryl methyl sites for hydroxylation is 3. The van der Waals surface area contributed by atoms with Gasteiger partial charge in [-0.05, 0) is 75.2 Å². The van der Waals surface area contributed by atoms with E-state index in [2.05, 4.69) is 18.2 Å². The summed E-state index contributed by atoms with van der Waals surface area (Å²) in [6.07, 6.45) is 1.71. The van der Waals surface area contributed by atoms with E-state index in [1.165, 1.54) is 11.1 Å². The van der Waals surface area contributed by atoms with Gasteiger partial charge >= 0.3 is 5.97 Å². The van der Waals surface area contributed by atoms with Crippen molar-refractivity contribution in [1.29, 1.82) is 0 Å². The Labute approximate surface area is 215 Å². The van der Waals surface area contributed by atoms with Gasteiger partial charge in [0.25, 0.3) is 0 Å². The summed E-state index contributed by atoms with van der Waals surface area (Å²) in [5, 5.41) is 0. The molecule has 3 aromatic rings. The Hall–Kier alpha value is -3.35. The maximum atomic E-state index is 12.8. The van der Waals surface area contributed by atoms with Gasteiger partial charge < -0.3 is 24.8 Å². The molecule has 0 heterocycles. The number of rotatable bonds is 13. The van der Waals surface area contributed by atoms with Crippen molar-refractivity contribution >= 4 is 5.97 Å². The van der Waals surface area contributed by atoms with E-state index >= 15 is 0 Å². The van der Waals surface area contributed by atoms with E-state index in [0.717, 1.165) is 35.5 Å². The molecule has 0 saturated heterocycles. The highest BCUT2D eigenvalue weighted by atomic mass is 16.6. The van der Waals surface area contributed by atoms with Crippen molar-refractivity contribution in [3.63, 3.8) is 0 Å². The Morgan fingerprint density at radius 2 is 1.58 bits per heavy atom. The number of nitrogens with two attached hydrogens (primary N) is 1. The number of likely N-dealkylation sites (N-methyl/N-ethyl adjacent to an activating group) is 1. The molecule has 2 atom stereocenters. The van der Waals surface area contributed by atoms with Crippen LogP contribution in [0, 0.1) is 6.92 Å². The van der Waals surface area contributed by atoms with E-state index in [1.54, 1.807) is 7.11 Å². The molecule has 2 N–H and O–H groups in total. The number of nitrogens with zero attached hydrogens (tertiary/aromatic N) is 1. The molecule has 0 saturated carbocycles. The van der Waals surface area contributed by atoms with Gasteiger partial charge in [-0.15, -0.1) is 0 Å². The molecule has 0 unspecified atom stereocenters. The molecule has 0 spiro atoms. The van der Waals surface area contributed by atoms with E-state index in [4.69, 9.17) is 19.9 Å². The van der Waals surface area contributed by atoms with Crippen LogP contribution in [0.15, 0.2) is 72.8 Å². The first kappa shape index (κ1) is 27.2. The Balaban J connectivity index is 1.58. The second-order valence-electron chi connectivity index (χ2n) is 9.38. The van der Waals surface area contributed by atoms with Gasteiger partial charge in [-0.2, -0.15) is 0 Å². The Bertz CT molecular complexity index is 1080. The number of benzene rings is 3. The van der Waals surface area contributed by atoms with Crippen molar-refractivity contribution < 1.29 is 19.0 Å². The minimum Gasteiger partial charge on any atom is -0.497 e. The third-order valence-corrected chi connectivity index (χ3v) is 5.97. The summed E-state index contributed by atoms with van der Waals surface area (Å²) >= 11 is 0. The van der Waals surface area contributed by atoms with Crippen LogP contribution in [0.4, 0.5) is 0 Å². The Morgan fingerprint density at radius 1 is 0.917 bits per heavy atom. The number of methoxy groups -OCH3 is 1. The molecule has 0 amide bonds. The summed E-state index contributed by atoms with van der Waals surface area (Å²) in [5.41, 5.74) is 10.7. The molecule has 3 aromatic carbocycles. The third kappa shape index (κ3) is 8.70. The van der Waals surface area contributed by atoms with Crippen LogP contribution < -0.4 is 15.2 Å². The van der Waals surface area contributed by atoms with Crippen molar-refractivity contribution in [3.8, 4) is 11.5 Å². The van der Waals surface area contributed by atoms with Crippen LogP contribution in [0.3, 0.4) is 0 Å². The lowest BCUT2D eigenvalue weighted by atomic mass is 10.0. The van der Waals surface area contributed by atoms with Gasteiger partial charge in [0.1, 0.15) is 30.3 Å². The highest BCUT2D eigenvalue weighted by molar-refractivity contribution is 5.76. The zero-order valence-corrected chi connectivity index (χ0v) is 21.8. The lowest BCUT2D eigenvalue weighted by molar-refractivity contribution is -0.152. The van der Waals surface area contributed by atoms with E-state index < -0.39 is 18.1 Å². The van der Waals surface area contributed by atoms with E-state index in [-0.39, 0.29) is 6.61 Å². The van der Waals surface area contributed by atoms with Crippen LogP contribution in [0.25, 0.3) is 0 Å². The summed E-state index contributed by atoms with van der Waals surface area (Å²) in [4.78, 5) is 14.7. The smallest absolute Gasteiger partial charge is 0.323 e. The first-order valence-corrected chi connectivity index (χ1v) is 12.3. The molecular formula is C30H38N2O4. The average Bonchev–Trinajstić information content (AvgIpc) is 2.87. The van der Waals surface area contributed by atoms with Crippen LogP contribution >= 0.6 is 0 Å². The topological polar surface area (TPSA) is 74.0 Å². The summed E-state index contributed by atoms with van der Waals surface area (Å²) in [6, 6.07) is 23.4. The monoisotopic (exact) mass is 490 g/mol. The van der Waals surface area contributed by atoms with Crippen LogP contribution in [0.2, 0.25) is 0 Å². The number of hydrogen-bond acceptors (Lipinski definition) is 6. The molecule has 0 aromatic heterocycles. The Morgan fingerprint density at radius 3 is 2.25 bits per heavy atom. The number of hydrogen-bond donors (Lipinski definition) is 1. The van der Waals surface area contributed by atoms with Crippen molar-refractivity contribution in [2.24, 2.45) is 5.73 Å². The fourth-order valence-corrected chi connectivity index (χ4v) is 3.95. The first-order valence-electron chi connectivity index (χ1n) is 12.3. The van der Waals surface area contributed by atoms with Crippen LogP contribution in [0.1, 0.15) is 22.3 Å². The van der Waals surface area contributed by atoms with E-state index in [9.17, 15) is 4.79 Å². The Kier molecular flexibility index (Phi) is 10.3. The number of ether oxygens (including phenoxy) is 3. The molecule has 0 radical (unpaired) electrons. The van der Waals surface area contributed by atoms with Crippen molar-refractivity contribution in [2.45, 2.75) is 38.3 Å². The van der Waals surface area contributed by atoms with Crippen molar-refractivity contribution in [2.75, 3.05) is 34.4 Å². The van der Waals surface area contributed by atoms with Gasteiger partial charge in [-0.25, -0.2) is 0 Å². The van der Waals surface area contributed by atoms with Gasteiger partial charge in [0, 0.05) is 6.54 Å². The summed E-state index contributed by atoms with van der Waals surface area (Å²) in [6.45, 7) is 2.82. The minimum absolute atomic E-state index is 0.251. The quantitative estimate of drug-likeness (QED) is 0.362. The molecule has 36 heavy (non-hydrogen) atoms. The minimum atomic E-state index is -0.728.